The van der Waals surface area contributed by atoms with Gasteiger partial charge < -0.3 is 48.6 Å². The molecule has 0 spiro atoms. The van der Waals surface area contributed by atoms with Crippen LogP contribution in [-0.2, 0) is 37.0 Å². The Morgan fingerprint density at radius 2 is 1.53 bits per heavy atom. The standard InChI is InChI=1S/C54H64N4O15/c1-2-27-70-54-50(56(23-28-67-29-26-61)53(62)69-31-30-68-36-38-11-4-3-5-12-38)35-48(55-71-37-39-17-19-41(20-18-39)57(63)64)46-32-40(13-6-8-24-59)45(16-7-9-25-60)51(52(46)54)47-34-44(21-22-49(47)73-54)72-43-15-10-14-42(33-43)58(65)66/h2-5,10-12,14-15,17-22,32-34,40,45,50-52,59-61H,1,6-9,13,16,23-31,35-37H2/t40-,45+,50-,51+,52+,54+/m0/s1. The van der Waals surface area contributed by atoms with Crippen molar-refractivity contribution >= 4 is 23.2 Å². The number of aliphatic hydroxyl groups is 3. The van der Waals surface area contributed by atoms with Gasteiger partial charge in [-0.2, -0.15) is 0 Å². The molecule has 390 valence electrons. The Morgan fingerprint density at radius 3 is 2.26 bits per heavy atom. The van der Waals surface area contributed by atoms with Gasteiger partial charge in [-0.25, -0.2) is 4.79 Å². The maximum Gasteiger partial charge on any atom is 0.410 e. The van der Waals surface area contributed by atoms with Gasteiger partial charge in [-0.15, -0.1) is 6.58 Å². The molecule has 2 aliphatic carbocycles. The fourth-order valence-electron chi connectivity index (χ4n) is 10.1. The number of ether oxygens (including phenoxy) is 6. The van der Waals surface area contributed by atoms with Gasteiger partial charge in [0.05, 0.1) is 67.2 Å². The molecule has 3 aliphatic rings. The van der Waals surface area contributed by atoms with E-state index in [4.69, 9.17) is 38.4 Å². The maximum absolute atomic E-state index is 14.8. The number of non-ortho nitro benzene ring substituents is 2. The molecule has 0 radical (unpaired) electrons. The van der Waals surface area contributed by atoms with E-state index < -0.39 is 39.6 Å². The number of unbranched alkanes of at least 4 members (excludes halogenated alkanes) is 2. The van der Waals surface area contributed by atoms with E-state index in [1.54, 1.807) is 42.5 Å². The lowest BCUT2D eigenvalue weighted by Crippen LogP contribution is -2.70. The number of amides is 1. The first-order valence-corrected chi connectivity index (χ1v) is 24.7. The summed E-state index contributed by atoms with van der Waals surface area (Å²) in [6, 6.07) is 25.8. The predicted molar refractivity (Wildman–Crippen MR) is 268 cm³/mol. The van der Waals surface area contributed by atoms with E-state index in [9.17, 15) is 40.3 Å². The van der Waals surface area contributed by atoms with E-state index in [0.717, 1.165) is 16.7 Å². The van der Waals surface area contributed by atoms with Gasteiger partial charge in [0, 0.05) is 55.9 Å². The minimum absolute atomic E-state index is 0.000231. The number of rotatable bonds is 29. The van der Waals surface area contributed by atoms with Gasteiger partial charge in [-0.3, -0.25) is 25.1 Å². The fraction of sp³-hybridized carbons (Fsp3) is 0.444. The first-order chi connectivity index (χ1) is 35.6. The molecule has 6 atom stereocenters. The van der Waals surface area contributed by atoms with Crippen molar-refractivity contribution in [1.29, 1.82) is 0 Å². The molecule has 3 N–H and O–H groups in total. The number of nitro benzene ring substituents is 2. The second-order valence-corrected chi connectivity index (χ2v) is 18.0. The Kier molecular flexibility index (Phi) is 19.8. The van der Waals surface area contributed by atoms with Crippen LogP contribution in [0.4, 0.5) is 16.2 Å². The molecule has 19 nitrogen and oxygen atoms in total. The van der Waals surface area contributed by atoms with Crippen LogP contribution in [0.2, 0.25) is 0 Å². The zero-order valence-electron chi connectivity index (χ0n) is 40.7. The van der Waals surface area contributed by atoms with E-state index in [2.05, 4.69) is 12.7 Å². The molecule has 73 heavy (non-hydrogen) atoms. The summed E-state index contributed by atoms with van der Waals surface area (Å²) >= 11 is 0. The maximum atomic E-state index is 14.8. The number of fused-ring (bicyclic) bond motifs is 2. The second-order valence-electron chi connectivity index (χ2n) is 18.0. The zero-order chi connectivity index (χ0) is 51.6. The lowest BCUT2D eigenvalue weighted by atomic mass is 9.55. The Hall–Kier alpha value is -6.74. The summed E-state index contributed by atoms with van der Waals surface area (Å²) in [7, 11) is 0. The SMILES string of the molecule is C=CCO[C@@]12Oc3ccc(Oc4cccc([N+](=O)[O-])c4)cc3[C@H]3[C@H](CCCCO)[C@@H](CCCCO)C=C(C(=NOCc4ccc([N+](=O)[O-])cc4)C[C@@H]1N(CCOCCO)C(=O)OCCOCc1ccccc1)[C@H]32. The number of aliphatic hydroxyl groups excluding tert-OH is 3. The zero-order valence-corrected chi connectivity index (χ0v) is 40.7. The average Bonchev–Trinajstić information content (AvgIpc) is 3.40. The minimum Gasteiger partial charge on any atom is -0.459 e. The normalized spacial score (nSPS) is 21.2. The Labute approximate surface area is 423 Å². The highest BCUT2D eigenvalue weighted by Crippen LogP contribution is 2.62. The third kappa shape index (κ3) is 13.7. The van der Waals surface area contributed by atoms with E-state index >= 15 is 0 Å². The molecule has 0 bridgehead atoms. The molecule has 0 unspecified atom stereocenters. The molecule has 19 heteroatoms. The highest BCUT2D eigenvalue weighted by atomic mass is 16.7. The smallest absolute Gasteiger partial charge is 0.410 e. The van der Waals surface area contributed by atoms with Crippen LogP contribution in [-0.4, -0.2) is 113 Å². The Balaban J connectivity index is 1.37. The van der Waals surface area contributed by atoms with Crippen molar-refractivity contribution < 1.29 is 63.2 Å². The molecule has 1 heterocycles. The number of oxime groups is 1. The van der Waals surface area contributed by atoms with Crippen molar-refractivity contribution in [1.82, 2.24) is 4.90 Å². The topological polar surface area (TPSA) is 244 Å². The number of benzene rings is 4. The molecule has 4 aromatic rings. The molecular weight excluding hydrogens is 945 g/mol. The highest BCUT2D eigenvalue weighted by Gasteiger charge is 2.65. The minimum atomic E-state index is -1.66. The third-order valence-electron chi connectivity index (χ3n) is 13.3. The largest absolute Gasteiger partial charge is 0.459 e. The van der Waals surface area contributed by atoms with Crippen LogP contribution in [0, 0.1) is 38.0 Å². The molecule has 1 amide bonds. The van der Waals surface area contributed by atoms with Crippen LogP contribution in [0.25, 0.3) is 0 Å². The van der Waals surface area contributed by atoms with Crippen molar-refractivity contribution in [3.63, 3.8) is 0 Å². The summed E-state index contributed by atoms with van der Waals surface area (Å²) in [5, 5.41) is 57.7. The summed E-state index contributed by atoms with van der Waals surface area (Å²) < 4.78 is 38.3. The highest BCUT2D eigenvalue weighted by molar-refractivity contribution is 6.03. The third-order valence-corrected chi connectivity index (χ3v) is 13.3. The molecule has 0 saturated heterocycles. The first kappa shape index (κ1) is 54.0. The number of allylic oxidation sites excluding steroid dienone is 1. The number of hydrogen-bond donors (Lipinski definition) is 3. The summed E-state index contributed by atoms with van der Waals surface area (Å²) in [5.41, 5.74) is 3.35. The molecule has 1 aliphatic heterocycles. The van der Waals surface area contributed by atoms with Gasteiger partial charge in [0.15, 0.2) is 0 Å². The predicted octanol–water partition coefficient (Wildman–Crippen LogP) is 8.79. The van der Waals surface area contributed by atoms with E-state index in [1.807, 2.05) is 36.4 Å². The lowest BCUT2D eigenvalue weighted by molar-refractivity contribution is -0.385. The summed E-state index contributed by atoms with van der Waals surface area (Å²) in [6.45, 7) is 3.98. The van der Waals surface area contributed by atoms with Gasteiger partial charge in [0.1, 0.15) is 36.5 Å². The average molecular weight is 1010 g/mol. The van der Waals surface area contributed by atoms with Gasteiger partial charge in [-0.1, -0.05) is 66.5 Å². The molecule has 1 saturated carbocycles. The van der Waals surface area contributed by atoms with Crippen molar-refractivity contribution in [3.05, 3.63) is 158 Å². The number of nitro groups is 2. The monoisotopic (exact) mass is 1010 g/mol. The van der Waals surface area contributed by atoms with Crippen molar-refractivity contribution in [2.24, 2.45) is 22.9 Å². The number of nitrogens with zero attached hydrogens (tertiary/aromatic N) is 4. The Bertz CT molecular complexity index is 2520. The quantitative estimate of drug-likeness (QED) is 0.0199. The molecule has 0 aromatic heterocycles. The summed E-state index contributed by atoms with van der Waals surface area (Å²) in [5.74, 6) is -2.00. The molecule has 7 rings (SSSR count). The van der Waals surface area contributed by atoms with Crippen molar-refractivity contribution in [2.75, 3.05) is 59.4 Å². The second kappa shape index (κ2) is 26.8. The van der Waals surface area contributed by atoms with Crippen molar-refractivity contribution in [3.8, 4) is 17.2 Å². The van der Waals surface area contributed by atoms with Gasteiger partial charge >= 0.3 is 6.09 Å². The van der Waals surface area contributed by atoms with Crippen LogP contribution in [0.15, 0.2) is 127 Å². The van der Waals surface area contributed by atoms with Crippen molar-refractivity contribution in [2.45, 2.75) is 75.9 Å². The van der Waals surface area contributed by atoms with E-state index in [1.165, 1.54) is 29.2 Å². The lowest BCUT2D eigenvalue weighted by Gasteiger charge is -2.59. The van der Waals surface area contributed by atoms with Crippen LogP contribution >= 0.6 is 0 Å². The van der Waals surface area contributed by atoms with Gasteiger partial charge in [0.2, 0.25) is 5.79 Å². The molecular formula is C54H64N4O15. The van der Waals surface area contributed by atoms with E-state index in [-0.39, 0.29) is 101 Å². The van der Waals surface area contributed by atoms with Crippen LogP contribution in [0.1, 0.15) is 67.6 Å². The van der Waals surface area contributed by atoms with Crippen LogP contribution < -0.4 is 9.47 Å². The molecule has 1 fully saturated rings. The number of carbonyl (C=O) groups excluding carboxylic acids is 1. The number of hydrogen-bond acceptors (Lipinski definition) is 16. The first-order valence-electron chi connectivity index (χ1n) is 24.7. The summed E-state index contributed by atoms with van der Waals surface area (Å²) in [6.07, 6.45) is 6.91. The van der Waals surface area contributed by atoms with Gasteiger partial charge in [0.25, 0.3) is 11.4 Å². The number of carbonyl (C=O) groups is 1. The Morgan fingerprint density at radius 1 is 0.795 bits per heavy atom. The summed E-state index contributed by atoms with van der Waals surface area (Å²) in [4.78, 5) is 44.7. The fourth-order valence-corrected chi connectivity index (χ4v) is 10.1. The van der Waals surface area contributed by atoms with Gasteiger partial charge in [-0.05, 0) is 90.6 Å². The van der Waals surface area contributed by atoms with Crippen LogP contribution in [0.5, 0.6) is 17.2 Å². The van der Waals surface area contributed by atoms with Crippen LogP contribution in [0.3, 0.4) is 0 Å². The van der Waals surface area contributed by atoms with E-state index in [0.29, 0.717) is 67.9 Å². The molecule has 4 aromatic carbocycles.